The van der Waals surface area contributed by atoms with Gasteiger partial charge in [-0.3, -0.25) is 9.48 Å². The lowest BCUT2D eigenvalue weighted by Gasteiger charge is -2.35. The molecule has 128 valence electrons. The molecule has 7 heteroatoms. The topological polar surface area (TPSA) is 64.4 Å². The van der Waals surface area contributed by atoms with Crippen LogP contribution >= 0.6 is 11.8 Å². The number of aromatic nitrogens is 2. The molecule has 1 aromatic rings. The van der Waals surface area contributed by atoms with Crippen molar-refractivity contribution >= 4 is 23.6 Å². The van der Waals surface area contributed by atoms with Gasteiger partial charge in [0.15, 0.2) is 0 Å². The van der Waals surface area contributed by atoms with E-state index in [9.17, 15) is 9.59 Å². The first-order chi connectivity index (χ1) is 10.6. The molecule has 1 atom stereocenters. The van der Waals surface area contributed by atoms with Crippen LogP contribution in [0.25, 0.3) is 0 Å². The van der Waals surface area contributed by atoms with Crippen molar-refractivity contribution in [2.24, 2.45) is 7.05 Å². The summed E-state index contributed by atoms with van der Waals surface area (Å²) in [5.74, 6) is 0.920. The summed E-state index contributed by atoms with van der Waals surface area (Å²) in [6.45, 7) is 9.74. The number of rotatable bonds is 2. The van der Waals surface area contributed by atoms with Crippen LogP contribution in [0.4, 0.5) is 0 Å². The maximum atomic E-state index is 13.0. The number of aryl methyl sites for hydroxylation is 2. The Kier molecular flexibility index (Phi) is 5.08. The highest BCUT2D eigenvalue weighted by Gasteiger charge is 2.37. The van der Waals surface area contributed by atoms with Crippen molar-refractivity contribution in [2.45, 2.75) is 46.3 Å². The lowest BCUT2D eigenvalue weighted by atomic mass is 10.1. The molecule has 1 saturated heterocycles. The standard InChI is InChI=1S/C16H25N3O3S/c1-10-13(11(2)18(6)17-10)14(20)19-7-8-23-9-12(19)15(21)22-16(3,4)5/h12H,7-9H2,1-6H3. The summed E-state index contributed by atoms with van der Waals surface area (Å²) in [5.41, 5.74) is 1.53. The molecule has 1 amide bonds. The van der Waals surface area contributed by atoms with Crippen molar-refractivity contribution in [3.8, 4) is 0 Å². The van der Waals surface area contributed by atoms with Crippen molar-refractivity contribution in [3.05, 3.63) is 17.0 Å². The second-order valence-corrected chi connectivity index (χ2v) is 7.94. The maximum absolute atomic E-state index is 13.0. The van der Waals surface area contributed by atoms with Crippen LogP contribution in [-0.4, -0.2) is 56.3 Å². The van der Waals surface area contributed by atoms with Gasteiger partial charge in [0.25, 0.3) is 5.91 Å². The molecule has 0 spiro atoms. The van der Waals surface area contributed by atoms with Crippen molar-refractivity contribution in [1.82, 2.24) is 14.7 Å². The molecule has 1 aliphatic rings. The van der Waals surface area contributed by atoms with Gasteiger partial charge >= 0.3 is 5.97 Å². The first-order valence-electron chi connectivity index (χ1n) is 7.73. The summed E-state index contributed by atoms with van der Waals surface area (Å²) >= 11 is 1.67. The Balaban J connectivity index is 2.27. The fraction of sp³-hybridized carbons (Fsp3) is 0.688. The predicted molar refractivity (Wildman–Crippen MR) is 90.7 cm³/mol. The highest BCUT2D eigenvalue weighted by molar-refractivity contribution is 7.99. The number of carbonyl (C=O) groups is 2. The largest absolute Gasteiger partial charge is 0.458 e. The third-order valence-electron chi connectivity index (χ3n) is 3.79. The molecule has 1 unspecified atom stereocenters. The maximum Gasteiger partial charge on any atom is 0.330 e. The van der Waals surface area contributed by atoms with Gasteiger partial charge < -0.3 is 9.64 Å². The fourth-order valence-electron chi connectivity index (χ4n) is 2.64. The summed E-state index contributed by atoms with van der Waals surface area (Å²) < 4.78 is 7.19. The zero-order chi connectivity index (χ0) is 17.4. The van der Waals surface area contributed by atoms with Gasteiger partial charge in [0.1, 0.15) is 11.6 Å². The minimum atomic E-state index is -0.561. The molecule has 0 radical (unpaired) electrons. The van der Waals surface area contributed by atoms with Gasteiger partial charge in [0, 0.05) is 30.8 Å². The van der Waals surface area contributed by atoms with Crippen LogP contribution < -0.4 is 0 Å². The molecule has 6 nitrogen and oxygen atoms in total. The molecular formula is C16H25N3O3S. The Hall–Kier alpha value is -1.50. The number of hydrogen-bond acceptors (Lipinski definition) is 5. The fourth-order valence-corrected chi connectivity index (χ4v) is 3.67. The average molecular weight is 339 g/mol. The van der Waals surface area contributed by atoms with E-state index in [0.29, 0.717) is 23.6 Å². The summed E-state index contributed by atoms with van der Waals surface area (Å²) in [5, 5.41) is 4.30. The van der Waals surface area contributed by atoms with Crippen molar-refractivity contribution in [2.75, 3.05) is 18.1 Å². The zero-order valence-corrected chi connectivity index (χ0v) is 15.5. The van der Waals surface area contributed by atoms with Crippen LogP contribution in [-0.2, 0) is 16.6 Å². The Morgan fingerprint density at radius 2 is 1.96 bits per heavy atom. The average Bonchev–Trinajstić information content (AvgIpc) is 2.69. The van der Waals surface area contributed by atoms with E-state index < -0.39 is 11.6 Å². The molecule has 0 saturated carbocycles. The van der Waals surface area contributed by atoms with Crippen molar-refractivity contribution in [3.63, 3.8) is 0 Å². The van der Waals surface area contributed by atoms with E-state index in [1.165, 1.54) is 0 Å². The lowest BCUT2D eigenvalue weighted by molar-refractivity contribution is -0.159. The summed E-state index contributed by atoms with van der Waals surface area (Å²) in [4.78, 5) is 27.1. The number of hydrogen-bond donors (Lipinski definition) is 0. The van der Waals surface area contributed by atoms with E-state index in [0.717, 1.165) is 11.4 Å². The molecule has 1 fully saturated rings. The molecule has 23 heavy (non-hydrogen) atoms. The minimum absolute atomic E-state index is 0.135. The van der Waals surface area contributed by atoms with Gasteiger partial charge in [-0.05, 0) is 34.6 Å². The Morgan fingerprint density at radius 3 is 2.48 bits per heavy atom. The molecule has 2 heterocycles. The van der Waals surface area contributed by atoms with E-state index in [2.05, 4.69) is 5.10 Å². The summed E-state index contributed by atoms with van der Waals surface area (Å²) in [7, 11) is 1.82. The second kappa shape index (κ2) is 6.55. The molecule has 2 rings (SSSR count). The van der Waals surface area contributed by atoms with E-state index >= 15 is 0 Å². The number of carbonyl (C=O) groups excluding carboxylic acids is 2. The third kappa shape index (κ3) is 3.88. The molecule has 0 aromatic carbocycles. The first kappa shape index (κ1) is 17.8. The van der Waals surface area contributed by atoms with Crippen LogP contribution in [0.3, 0.4) is 0 Å². The molecule has 1 aliphatic heterocycles. The Bertz CT molecular complexity index is 619. The predicted octanol–water partition coefficient (Wildman–Crippen LogP) is 1.94. The number of nitrogens with zero attached hydrogens (tertiary/aromatic N) is 3. The lowest BCUT2D eigenvalue weighted by Crippen LogP contribution is -2.52. The van der Waals surface area contributed by atoms with Crippen LogP contribution in [0.15, 0.2) is 0 Å². The Labute approximate surface area is 141 Å². The van der Waals surface area contributed by atoms with Crippen LogP contribution in [0, 0.1) is 13.8 Å². The van der Waals surface area contributed by atoms with Gasteiger partial charge in [0.05, 0.1) is 11.3 Å². The van der Waals surface area contributed by atoms with E-state index in [4.69, 9.17) is 4.74 Å². The van der Waals surface area contributed by atoms with E-state index in [1.807, 2.05) is 41.7 Å². The summed E-state index contributed by atoms with van der Waals surface area (Å²) in [6.07, 6.45) is 0. The zero-order valence-electron chi connectivity index (χ0n) is 14.7. The SMILES string of the molecule is Cc1nn(C)c(C)c1C(=O)N1CCSCC1C(=O)OC(C)(C)C. The van der Waals surface area contributed by atoms with E-state index in [-0.39, 0.29) is 11.9 Å². The quantitative estimate of drug-likeness (QED) is 0.771. The Morgan fingerprint density at radius 1 is 1.30 bits per heavy atom. The summed E-state index contributed by atoms with van der Waals surface area (Å²) in [6, 6.07) is -0.542. The normalized spacial score (nSPS) is 18.9. The number of thioether (sulfide) groups is 1. The minimum Gasteiger partial charge on any atom is -0.458 e. The highest BCUT2D eigenvalue weighted by Crippen LogP contribution is 2.24. The number of amides is 1. The molecule has 0 bridgehead atoms. The molecule has 0 N–H and O–H groups in total. The smallest absolute Gasteiger partial charge is 0.330 e. The van der Waals surface area contributed by atoms with E-state index in [1.54, 1.807) is 21.3 Å². The number of ether oxygens (including phenoxy) is 1. The van der Waals surface area contributed by atoms with Crippen LogP contribution in [0.5, 0.6) is 0 Å². The van der Waals surface area contributed by atoms with Crippen LogP contribution in [0.2, 0.25) is 0 Å². The third-order valence-corrected chi connectivity index (χ3v) is 4.81. The number of esters is 1. The first-order valence-corrected chi connectivity index (χ1v) is 8.89. The van der Waals surface area contributed by atoms with Crippen molar-refractivity contribution < 1.29 is 14.3 Å². The van der Waals surface area contributed by atoms with Crippen molar-refractivity contribution in [1.29, 1.82) is 0 Å². The monoisotopic (exact) mass is 339 g/mol. The second-order valence-electron chi connectivity index (χ2n) is 6.79. The molecule has 1 aromatic heterocycles. The van der Waals surface area contributed by atoms with Crippen LogP contribution in [0.1, 0.15) is 42.5 Å². The van der Waals surface area contributed by atoms with Gasteiger partial charge in [-0.1, -0.05) is 0 Å². The molecular weight excluding hydrogens is 314 g/mol. The highest BCUT2D eigenvalue weighted by atomic mass is 32.2. The van der Waals surface area contributed by atoms with Gasteiger partial charge in [-0.25, -0.2) is 4.79 Å². The van der Waals surface area contributed by atoms with Gasteiger partial charge in [-0.2, -0.15) is 16.9 Å². The molecule has 0 aliphatic carbocycles. The van der Waals surface area contributed by atoms with Gasteiger partial charge in [0.2, 0.25) is 0 Å². The van der Waals surface area contributed by atoms with Gasteiger partial charge in [-0.15, -0.1) is 0 Å².